The lowest BCUT2D eigenvalue weighted by molar-refractivity contribution is -0.144. The van der Waals surface area contributed by atoms with E-state index < -0.39 is 5.60 Å². The number of hydrogen-bond donors (Lipinski definition) is 2. The minimum Gasteiger partial charge on any atom is -0.444 e. The van der Waals surface area contributed by atoms with Gasteiger partial charge in [-0.25, -0.2) is 14.8 Å². The number of aromatic nitrogens is 4. The fourth-order valence-electron chi connectivity index (χ4n) is 6.46. The smallest absolute Gasteiger partial charge is 0.410 e. The number of piperidine rings is 1. The molecule has 2 aliphatic rings. The summed E-state index contributed by atoms with van der Waals surface area (Å²) in [5.41, 5.74) is 4.67. The number of nitrogens with one attached hydrogen (secondary N) is 2. The van der Waals surface area contributed by atoms with E-state index >= 15 is 0 Å². The van der Waals surface area contributed by atoms with Gasteiger partial charge in [0.25, 0.3) is 0 Å². The van der Waals surface area contributed by atoms with Gasteiger partial charge in [-0.05, 0) is 88.3 Å². The second-order valence-electron chi connectivity index (χ2n) is 15.2. The van der Waals surface area contributed by atoms with Crippen LogP contribution in [0.1, 0.15) is 109 Å². The number of hydrogen-bond acceptors (Lipinski definition) is 5. The average Bonchev–Trinajstić information content (AvgIpc) is 3.82. The number of ether oxygens (including phenoxy) is 1. The summed E-state index contributed by atoms with van der Waals surface area (Å²) in [4.78, 5) is 46.4. The molecule has 2 unspecified atom stereocenters. The molecule has 0 spiro atoms. The van der Waals surface area contributed by atoms with E-state index in [1.807, 2.05) is 68.3 Å². The lowest BCUT2D eigenvalue weighted by atomic mass is 9.79. The molecule has 252 valence electrons. The highest BCUT2D eigenvalue weighted by Gasteiger charge is 2.38. The van der Waals surface area contributed by atoms with E-state index in [0.29, 0.717) is 13.1 Å². The van der Waals surface area contributed by atoms with Crippen LogP contribution in [0.4, 0.5) is 4.79 Å². The molecule has 48 heavy (non-hydrogen) atoms. The molecule has 2 aliphatic heterocycles. The normalized spacial score (nSPS) is 18.7. The van der Waals surface area contributed by atoms with Crippen LogP contribution in [0.2, 0.25) is 0 Å². The molecule has 6 rings (SSSR count). The quantitative estimate of drug-likeness (QED) is 0.215. The van der Waals surface area contributed by atoms with Crippen LogP contribution < -0.4 is 0 Å². The van der Waals surface area contributed by atoms with Crippen LogP contribution >= 0.6 is 0 Å². The highest BCUT2D eigenvalue weighted by Crippen LogP contribution is 2.34. The predicted molar refractivity (Wildman–Crippen MR) is 188 cm³/mol. The zero-order valence-corrected chi connectivity index (χ0v) is 29.3. The standard InChI is InChI=1S/C39H48N6O3/c1-25(2)39(6,7)36(46)44-20-8-10-29(24-44)34-41-30-19-16-27(22-31(30)42-34)13-12-26-14-17-28(18-15-26)32-23-40-35(43-32)33-11-9-21-45(33)37(47)48-38(3,4)5/h14-19,22-23,25,29,33H,8-11,20-21,24H2,1-7H3,(H,40,43)(H,41,42). The van der Waals surface area contributed by atoms with E-state index in [4.69, 9.17) is 9.72 Å². The molecule has 2 amide bonds. The third-order valence-corrected chi connectivity index (χ3v) is 9.93. The molecule has 2 aromatic carbocycles. The van der Waals surface area contributed by atoms with Crippen molar-refractivity contribution in [3.05, 3.63) is 71.4 Å². The van der Waals surface area contributed by atoms with E-state index in [0.717, 1.165) is 77.3 Å². The molecule has 2 saturated heterocycles. The summed E-state index contributed by atoms with van der Waals surface area (Å²) >= 11 is 0. The van der Waals surface area contributed by atoms with Crippen molar-refractivity contribution in [2.24, 2.45) is 11.3 Å². The van der Waals surface area contributed by atoms with Gasteiger partial charge in [-0.2, -0.15) is 0 Å². The van der Waals surface area contributed by atoms with Crippen LogP contribution in [0, 0.1) is 23.2 Å². The number of H-pyrrole nitrogens is 2. The number of aromatic amines is 2. The van der Waals surface area contributed by atoms with Gasteiger partial charge in [0.15, 0.2) is 0 Å². The van der Waals surface area contributed by atoms with Gasteiger partial charge < -0.3 is 19.6 Å². The Kier molecular flexibility index (Phi) is 9.12. The zero-order chi connectivity index (χ0) is 34.2. The molecule has 0 bridgehead atoms. The molecule has 0 radical (unpaired) electrons. The van der Waals surface area contributed by atoms with Crippen LogP contribution in [0.15, 0.2) is 48.7 Å². The monoisotopic (exact) mass is 648 g/mol. The van der Waals surface area contributed by atoms with Crippen molar-refractivity contribution in [3.63, 3.8) is 0 Å². The highest BCUT2D eigenvalue weighted by molar-refractivity contribution is 5.82. The lowest BCUT2D eigenvalue weighted by Gasteiger charge is -2.38. The van der Waals surface area contributed by atoms with Crippen LogP contribution in [-0.2, 0) is 9.53 Å². The summed E-state index contributed by atoms with van der Waals surface area (Å²) in [5.74, 6) is 9.01. The van der Waals surface area contributed by atoms with Gasteiger partial charge in [0.2, 0.25) is 5.91 Å². The summed E-state index contributed by atoms with van der Waals surface area (Å²) < 4.78 is 5.62. The van der Waals surface area contributed by atoms with Crippen molar-refractivity contribution in [1.82, 2.24) is 29.7 Å². The molecule has 0 aliphatic carbocycles. The topological polar surface area (TPSA) is 107 Å². The van der Waals surface area contributed by atoms with Crippen molar-refractivity contribution >= 4 is 23.0 Å². The van der Waals surface area contributed by atoms with Crippen molar-refractivity contribution in [3.8, 4) is 23.1 Å². The Morgan fingerprint density at radius 1 is 0.917 bits per heavy atom. The van der Waals surface area contributed by atoms with Gasteiger partial charge in [0.05, 0.1) is 29.0 Å². The number of likely N-dealkylation sites (tertiary alicyclic amines) is 2. The molecular formula is C39H48N6O3. The van der Waals surface area contributed by atoms with Gasteiger partial charge in [-0.3, -0.25) is 9.69 Å². The van der Waals surface area contributed by atoms with Crippen LogP contribution in [-0.4, -0.2) is 67.0 Å². The maximum Gasteiger partial charge on any atom is 0.410 e. The third-order valence-electron chi connectivity index (χ3n) is 9.93. The SMILES string of the molecule is CC(C)C(C)(C)C(=O)N1CCCC(c2nc3ccc(C#Cc4ccc(-c5cnc(C6CCCN6C(=O)OC(C)(C)C)[nH]5)cc4)cc3[nH]2)C1. The minimum absolute atomic E-state index is 0.120. The maximum atomic E-state index is 13.3. The first-order chi connectivity index (χ1) is 22.8. The molecule has 9 heteroatoms. The largest absolute Gasteiger partial charge is 0.444 e. The number of carbonyl (C=O) groups excluding carboxylic acids is 2. The van der Waals surface area contributed by atoms with Crippen molar-refractivity contribution in [1.29, 1.82) is 0 Å². The fraction of sp³-hybridized carbons (Fsp3) is 0.487. The molecule has 0 saturated carbocycles. The lowest BCUT2D eigenvalue weighted by Crippen LogP contribution is -2.47. The molecule has 9 nitrogen and oxygen atoms in total. The van der Waals surface area contributed by atoms with Gasteiger partial charge in [0.1, 0.15) is 17.2 Å². The Morgan fingerprint density at radius 2 is 1.62 bits per heavy atom. The van der Waals surface area contributed by atoms with Crippen molar-refractivity contribution in [2.45, 2.75) is 91.7 Å². The van der Waals surface area contributed by atoms with E-state index in [1.54, 1.807) is 4.90 Å². The first-order valence-electron chi connectivity index (χ1n) is 17.2. The van der Waals surface area contributed by atoms with E-state index in [2.05, 4.69) is 60.6 Å². The van der Waals surface area contributed by atoms with Crippen LogP contribution in [0.5, 0.6) is 0 Å². The van der Waals surface area contributed by atoms with Crippen LogP contribution in [0.25, 0.3) is 22.3 Å². The fourth-order valence-corrected chi connectivity index (χ4v) is 6.46. The van der Waals surface area contributed by atoms with E-state index in [9.17, 15) is 9.59 Å². The summed E-state index contributed by atoms with van der Waals surface area (Å²) in [6, 6.07) is 14.0. The molecule has 2 fully saturated rings. The highest BCUT2D eigenvalue weighted by atomic mass is 16.6. The zero-order valence-electron chi connectivity index (χ0n) is 29.3. The maximum absolute atomic E-state index is 13.3. The molecule has 2 N–H and O–H groups in total. The van der Waals surface area contributed by atoms with Gasteiger partial charge in [-0.15, -0.1) is 0 Å². The molecular weight excluding hydrogens is 600 g/mol. The second-order valence-corrected chi connectivity index (χ2v) is 15.2. The van der Waals surface area contributed by atoms with Gasteiger partial charge >= 0.3 is 6.09 Å². The Hall–Kier alpha value is -4.58. The first-order valence-corrected chi connectivity index (χ1v) is 17.2. The number of amides is 2. The van der Waals surface area contributed by atoms with Crippen molar-refractivity contribution in [2.75, 3.05) is 19.6 Å². The molecule has 4 aromatic rings. The summed E-state index contributed by atoms with van der Waals surface area (Å²) in [5, 5.41) is 0. The van der Waals surface area contributed by atoms with Gasteiger partial charge in [0, 0.05) is 42.1 Å². The Balaban J connectivity index is 1.11. The number of rotatable bonds is 5. The number of carbonyl (C=O) groups is 2. The summed E-state index contributed by atoms with van der Waals surface area (Å²) in [7, 11) is 0. The van der Waals surface area contributed by atoms with Gasteiger partial charge in [-0.1, -0.05) is 51.7 Å². The van der Waals surface area contributed by atoms with E-state index in [1.165, 1.54) is 0 Å². The Bertz CT molecular complexity index is 1850. The Labute approximate surface area is 283 Å². The molecule has 4 heterocycles. The number of benzene rings is 2. The predicted octanol–water partition coefficient (Wildman–Crippen LogP) is 7.81. The summed E-state index contributed by atoms with van der Waals surface area (Å²) in [6.45, 7) is 16.2. The molecule has 2 aromatic heterocycles. The summed E-state index contributed by atoms with van der Waals surface area (Å²) in [6.07, 6.45) is 5.28. The van der Waals surface area contributed by atoms with Crippen molar-refractivity contribution < 1.29 is 14.3 Å². The first kappa shape index (κ1) is 33.3. The Morgan fingerprint density at radius 3 is 2.35 bits per heavy atom. The molecule has 2 atom stereocenters. The number of nitrogens with zero attached hydrogens (tertiary/aromatic N) is 4. The number of fused-ring (bicyclic) bond motifs is 1. The van der Waals surface area contributed by atoms with E-state index in [-0.39, 0.29) is 35.3 Å². The average molecular weight is 649 g/mol. The third kappa shape index (κ3) is 7.13. The van der Waals surface area contributed by atoms with Crippen LogP contribution in [0.3, 0.4) is 0 Å². The second kappa shape index (κ2) is 13.1. The minimum atomic E-state index is -0.537. The number of imidazole rings is 2.